The number of halogens is 1. The molecule has 0 spiro atoms. The van der Waals surface area contributed by atoms with Crippen LogP contribution >= 0.6 is 15.9 Å². The summed E-state index contributed by atoms with van der Waals surface area (Å²) in [7, 11) is 0. The zero-order valence-corrected chi connectivity index (χ0v) is 22.9. The second kappa shape index (κ2) is 11.2. The zero-order chi connectivity index (χ0) is 26.6. The molecule has 192 valence electrons. The molecule has 0 saturated carbocycles. The van der Waals surface area contributed by atoms with Crippen LogP contribution in [-0.4, -0.2) is 20.4 Å². The van der Waals surface area contributed by atoms with Gasteiger partial charge in [-0.2, -0.15) is 0 Å². The van der Waals surface area contributed by atoms with Crippen LogP contribution in [0.1, 0.15) is 53.8 Å². The highest BCUT2D eigenvalue weighted by atomic mass is 79.9. The number of rotatable bonds is 8. The Kier molecular flexibility index (Phi) is 7.56. The van der Waals surface area contributed by atoms with E-state index in [0.717, 1.165) is 10.9 Å². The molecule has 0 radical (unpaired) electrons. The molecule has 0 bridgehead atoms. The van der Waals surface area contributed by atoms with Crippen LogP contribution in [0.5, 0.6) is 0 Å². The SMILES string of the molecule is CCc1ccc(-n2c(C(CC)N(Cc3ccco3)C(=O)c3ccc(Br)cc3)nc3ccccc3c2=O)cc1. The van der Waals surface area contributed by atoms with E-state index in [-0.39, 0.29) is 18.0 Å². The van der Waals surface area contributed by atoms with Crippen molar-refractivity contribution in [1.29, 1.82) is 0 Å². The van der Waals surface area contributed by atoms with Crippen LogP contribution in [0.4, 0.5) is 0 Å². The van der Waals surface area contributed by atoms with Crippen LogP contribution < -0.4 is 5.56 Å². The molecule has 2 aromatic heterocycles. The molecule has 0 aliphatic carbocycles. The Hall–Kier alpha value is -3.97. The minimum absolute atomic E-state index is 0.165. The third kappa shape index (κ3) is 5.07. The van der Waals surface area contributed by atoms with Gasteiger partial charge in [-0.15, -0.1) is 0 Å². The van der Waals surface area contributed by atoms with Crippen molar-refractivity contribution in [3.8, 4) is 5.69 Å². The van der Waals surface area contributed by atoms with Gasteiger partial charge >= 0.3 is 0 Å². The first-order valence-corrected chi connectivity index (χ1v) is 13.5. The number of aromatic nitrogens is 2. The number of aryl methyl sites for hydroxylation is 1. The highest BCUT2D eigenvalue weighted by molar-refractivity contribution is 9.10. The Balaban J connectivity index is 1.71. The average molecular weight is 570 g/mol. The number of carbonyl (C=O) groups excluding carboxylic acids is 1. The normalized spacial score (nSPS) is 12.0. The Labute approximate surface area is 229 Å². The van der Waals surface area contributed by atoms with Crippen LogP contribution in [0.25, 0.3) is 16.6 Å². The molecule has 1 amide bonds. The lowest BCUT2D eigenvalue weighted by Crippen LogP contribution is -2.38. The van der Waals surface area contributed by atoms with Crippen molar-refractivity contribution >= 4 is 32.7 Å². The number of hydrogen-bond donors (Lipinski definition) is 0. The van der Waals surface area contributed by atoms with E-state index in [1.54, 1.807) is 40.0 Å². The van der Waals surface area contributed by atoms with Crippen LogP contribution in [0.2, 0.25) is 0 Å². The summed E-state index contributed by atoms with van der Waals surface area (Å²) in [4.78, 5) is 34.7. The Morgan fingerprint density at radius 2 is 1.71 bits per heavy atom. The molecule has 0 fully saturated rings. The Bertz CT molecular complexity index is 1610. The van der Waals surface area contributed by atoms with E-state index in [9.17, 15) is 9.59 Å². The van der Waals surface area contributed by atoms with E-state index in [0.29, 0.717) is 40.2 Å². The summed E-state index contributed by atoms with van der Waals surface area (Å²) < 4.78 is 8.18. The van der Waals surface area contributed by atoms with E-state index in [1.807, 2.05) is 67.6 Å². The van der Waals surface area contributed by atoms with Gasteiger partial charge in [0.1, 0.15) is 11.6 Å². The lowest BCUT2D eigenvalue weighted by Gasteiger charge is -2.32. The lowest BCUT2D eigenvalue weighted by molar-refractivity contribution is 0.0624. The molecule has 7 heteroatoms. The van der Waals surface area contributed by atoms with Crippen LogP contribution in [0.3, 0.4) is 0 Å². The maximum Gasteiger partial charge on any atom is 0.266 e. The van der Waals surface area contributed by atoms with Crippen LogP contribution in [0, 0.1) is 0 Å². The van der Waals surface area contributed by atoms with Gasteiger partial charge in [0.15, 0.2) is 0 Å². The maximum absolute atomic E-state index is 14.0. The molecule has 0 N–H and O–H groups in total. The van der Waals surface area contributed by atoms with Crippen molar-refractivity contribution in [3.05, 3.63) is 129 Å². The predicted molar refractivity (Wildman–Crippen MR) is 152 cm³/mol. The topological polar surface area (TPSA) is 68.3 Å². The predicted octanol–water partition coefficient (Wildman–Crippen LogP) is 7.10. The molecule has 1 unspecified atom stereocenters. The van der Waals surface area contributed by atoms with E-state index in [2.05, 4.69) is 22.9 Å². The Morgan fingerprint density at radius 1 is 0.974 bits per heavy atom. The quantitative estimate of drug-likeness (QED) is 0.200. The summed E-state index contributed by atoms with van der Waals surface area (Å²) in [5.41, 5.74) is 2.87. The summed E-state index contributed by atoms with van der Waals surface area (Å²) in [6, 6.07) is 25.7. The molecule has 2 heterocycles. The molecule has 5 rings (SSSR count). The molecule has 1 atom stereocenters. The molecule has 0 saturated heterocycles. The van der Waals surface area contributed by atoms with Gasteiger partial charge in [-0.3, -0.25) is 14.2 Å². The number of carbonyl (C=O) groups is 1. The average Bonchev–Trinajstić information content (AvgIpc) is 3.47. The van der Waals surface area contributed by atoms with Crippen LogP contribution in [-0.2, 0) is 13.0 Å². The van der Waals surface area contributed by atoms with Gasteiger partial charge in [-0.05, 0) is 79.1 Å². The second-order valence-electron chi connectivity index (χ2n) is 9.09. The van der Waals surface area contributed by atoms with E-state index >= 15 is 0 Å². The van der Waals surface area contributed by atoms with Gasteiger partial charge in [0, 0.05) is 10.0 Å². The van der Waals surface area contributed by atoms with Gasteiger partial charge in [-0.25, -0.2) is 4.98 Å². The largest absolute Gasteiger partial charge is 0.467 e. The minimum Gasteiger partial charge on any atom is -0.467 e. The number of fused-ring (bicyclic) bond motifs is 1. The summed E-state index contributed by atoms with van der Waals surface area (Å²) in [5, 5.41) is 0.530. The minimum atomic E-state index is -0.501. The third-order valence-electron chi connectivity index (χ3n) is 6.72. The van der Waals surface area contributed by atoms with Crippen molar-refractivity contribution in [3.63, 3.8) is 0 Å². The fraction of sp³-hybridized carbons (Fsp3) is 0.194. The molecule has 5 aromatic rings. The van der Waals surface area contributed by atoms with Gasteiger partial charge in [0.05, 0.1) is 35.4 Å². The standard InChI is InChI=1S/C31H28BrN3O3/c1-3-21-11-17-24(18-12-21)35-29(33-27-10-6-5-9-26(27)31(35)37)28(4-2)34(20-25-8-7-19-38-25)30(36)22-13-15-23(32)16-14-22/h5-19,28H,3-4,20H2,1-2H3. The highest BCUT2D eigenvalue weighted by Crippen LogP contribution is 2.29. The van der Waals surface area contributed by atoms with Gasteiger partial charge in [-0.1, -0.05) is 54.0 Å². The fourth-order valence-corrected chi connectivity index (χ4v) is 4.96. The van der Waals surface area contributed by atoms with Crippen molar-refractivity contribution in [2.75, 3.05) is 0 Å². The number of benzene rings is 3. The molecule has 6 nitrogen and oxygen atoms in total. The number of hydrogen-bond acceptors (Lipinski definition) is 4. The molecular formula is C31H28BrN3O3. The maximum atomic E-state index is 14.0. The van der Waals surface area contributed by atoms with Crippen molar-refractivity contribution in [2.24, 2.45) is 0 Å². The number of nitrogens with zero attached hydrogens (tertiary/aromatic N) is 3. The summed E-state index contributed by atoms with van der Waals surface area (Å²) >= 11 is 3.45. The summed E-state index contributed by atoms with van der Waals surface area (Å²) in [6.07, 6.45) is 3.03. The van der Waals surface area contributed by atoms with E-state index < -0.39 is 6.04 Å². The number of furan rings is 1. The molecule has 0 aliphatic rings. The van der Waals surface area contributed by atoms with E-state index in [1.165, 1.54) is 5.56 Å². The van der Waals surface area contributed by atoms with Crippen LogP contribution in [0.15, 0.2) is 105 Å². The molecule has 0 aliphatic heterocycles. The number of amides is 1. The zero-order valence-electron chi connectivity index (χ0n) is 21.3. The summed E-state index contributed by atoms with van der Waals surface area (Å²) in [5.74, 6) is 0.990. The third-order valence-corrected chi connectivity index (χ3v) is 7.25. The summed E-state index contributed by atoms with van der Waals surface area (Å²) in [6.45, 7) is 4.33. The first-order valence-electron chi connectivity index (χ1n) is 12.7. The molecule has 3 aromatic carbocycles. The highest BCUT2D eigenvalue weighted by Gasteiger charge is 2.30. The Morgan fingerprint density at radius 3 is 2.37 bits per heavy atom. The fourth-order valence-electron chi connectivity index (χ4n) is 4.70. The lowest BCUT2D eigenvalue weighted by atomic mass is 10.1. The first kappa shape index (κ1) is 25.7. The number of para-hydroxylation sites is 1. The second-order valence-corrected chi connectivity index (χ2v) is 10.0. The smallest absolute Gasteiger partial charge is 0.266 e. The van der Waals surface area contributed by atoms with Crippen molar-refractivity contribution < 1.29 is 9.21 Å². The monoisotopic (exact) mass is 569 g/mol. The van der Waals surface area contributed by atoms with Crippen molar-refractivity contribution in [2.45, 2.75) is 39.3 Å². The molecular weight excluding hydrogens is 542 g/mol. The van der Waals surface area contributed by atoms with Crippen molar-refractivity contribution in [1.82, 2.24) is 14.5 Å². The van der Waals surface area contributed by atoms with E-state index in [4.69, 9.17) is 9.40 Å². The first-order chi connectivity index (χ1) is 18.5. The van der Waals surface area contributed by atoms with Gasteiger partial charge in [0.2, 0.25) is 0 Å². The van der Waals surface area contributed by atoms with Gasteiger partial charge in [0.25, 0.3) is 11.5 Å². The van der Waals surface area contributed by atoms with Gasteiger partial charge < -0.3 is 9.32 Å². The molecule has 38 heavy (non-hydrogen) atoms.